The summed E-state index contributed by atoms with van der Waals surface area (Å²) in [5.41, 5.74) is 3.06. The summed E-state index contributed by atoms with van der Waals surface area (Å²) in [6.07, 6.45) is 4.07. The predicted octanol–water partition coefficient (Wildman–Crippen LogP) is 7.04. The first-order chi connectivity index (χ1) is 18.2. The second-order valence-electron chi connectivity index (χ2n) is 10.3. The van der Waals surface area contributed by atoms with Crippen molar-refractivity contribution >= 4 is 45.6 Å². The van der Waals surface area contributed by atoms with Gasteiger partial charge in [-0.1, -0.05) is 56.6 Å². The molecule has 0 bridgehead atoms. The molecule has 0 saturated carbocycles. The molecule has 7 nitrogen and oxygen atoms in total. The van der Waals surface area contributed by atoms with E-state index in [0.717, 1.165) is 36.8 Å². The second kappa shape index (κ2) is 12.1. The van der Waals surface area contributed by atoms with Crippen LogP contribution in [-0.4, -0.2) is 26.4 Å². The molecule has 1 amide bonds. The Morgan fingerprint density at radius 1 is 1.37 bits per heavy atom. The molecular weight excluding hydrogens is 538 g/mol. The highest BCUT2D eigenvalue weighted by molar-refractivity contribution is 7.99. The molecule has 1 atom stereocenters. The topological polar surface area (TPSA) is 92.8 Å². The Bertz CT molecular complexity index is 1360. The number of nitrogens with one attached hydrogen (secondary N) is 1. The Morgan fingerprint density at radius 2 is 2.16 bits per heavy atom. The molecule has 0 radical (unpaired) electrons. The number of rotatable bonds is 10. The minimum absolute atomic E-state index is 0.162. The van der Waals surface area contributed by atoms with Crippen molar-refractivity contribution in [3.05, 3.63) is 50.6 Å². The molecule has 1 aliphatic carbocycles. The van der Waals surface area contributed by atoms with E-state index in [1.165, 1.54) is 16.6 Å². The van der Waals surface area contributed by atoms with Gasteiger partial charge in [-0.05, 0) is 67.7 Å². The van der Waals surface area contributed by atoms with E-state index in [1.807, 2.05) is 36.6 Å². The lowest BCUT2D eigenvalue weighted by Crippen LogP contribution is -2.28. The maximum Gasteiger partial charge on any atom is 0.235 e. The molecule has 1 unspecified atom stereocenters. The Morgan fingerprint density at radius 3 is 2.87 bits per heavy atom. The van der Waals surface area contributed by atoms with Gasteiger partial charge in [-0.2, -0.15) is 5.26 Å². The van der Waals surface area contributed by atoms with E-state index in [0.29, 0.717) is 44.8 Å². The summed E-state index contributed by atoms with van der Waals surface area (Å²) < 4.78 is 7.82. The van der Waals surface area contributed by atoms with Crippen LogP contribution in [0.3, 0.4) is 0 Å². The predicted molar refractivity (Wildman–Crippen MR) is 154 cm³/mol. The fraction of sp³-hybridized carbons (Fsp3) is 0.500. The molecule has 0 spiro atoms. The van der Waals surface area contributed by atoms with Crippen LogP contribution in [0.1, 0.15) is 67.9 Å². The van der Waals surface area contributed by atoms with Gasteiger partial charge < -0.3 is 14.6 Å². The van der Waals surface area contributed by atoms with Gasteiger partial charge in [0.25, 0.3) is 0 Å². The first-order valence-corrected chi connectivity index (χ1v) is 15.1. The molecule has 2 heterocycles. The number of halogens is 1. The normalized spacial score (nSPS) is 15.1. The zero-order chi connectivity index (χ0) is 27.4. The van der Waals surface area contributed by atoms with Crippen LogP contribution in [0.5, 0.6) is 5.75 Å². The van der Waals surface area contributed by atoms with E-state index in [-0.39, 0.29) is 23.7 Å². The van der Waals surface area contributed by atoms with Crippen molar-refractivity contribution < 1.29 is 9.53 Å². The van der Waals surface area contributed by atoms with Crippen LogP contribution in [0, 0.1) is 29.6 Å². The molecule has 202 valence electrons. The standard InChI is InChI=1S/C28H34ClN5O2S2/c1-6-28(4,5)18-9-10-19-20(14-30)26(38-23(19)13-18)31-25(35)16-37-27-33-32-24(34(27)7-2)15-36-22-12-17(3)8-11-21(22)29/h8,11-12,18H,6-7,9-10,13,15-16H2,1-5H3,(H,31,35). The second-order valence-corrected chi connectivity index (χ2v) is 12.8. The highest BCUT2D eigenvalue weighted by Crippen LogP contribution is 2.45. The molecule has 1 aromatic carbocycles. The minimum Gasteiger partial charge on any atom is -0.484 e. The van der Waals surface area contributed by atoms with Crippen molar-refractivity contribution in [1.29, 1.82) is 5.26 Å². The number of aromatic nitrogens is 3. The van der Waals surface area contributed by atoms with E-state index in [4.69, 9.17) is 16.3 Å². The summed E-state index contributed by atoms with van der Waals surface area (Å²) >= 11 is 9.13. The maximum absolute atomic E-state index is 12.9. The summed E-state index contributed by atoms with van der Waals surface area (Å²) in [4.78, 5) is 14.1. The number of hydrogen-bond acceptors (Lipinski definition) is 7. The number of nitriles is 1. The molecule has 4 rings (SSSR count). The van der Waals surface area contributed by atoms with Crippen LogP contribution in [0.2, 0.25) is 5.02 Å². The van der Waals surface area contributed by atoms with Gasteiger partial charge in [-0.25, -0.2) is 0 Å². The summed E-state index contributed by atoms with van der Waals surface area (Å²) in [6, 6.07) is 7.97. The third-order valence-electron chi connectivity index (χ3n) is 7.53. The molecule has 0 aliphatic heterocycles. The van der Waals surface area contributed by atoms with Crippen LogP contribution in [0.15, 0.2) is 23.4 Å². The fourth-order valence-electron chi connectivity index (χ4n) is 4.75. The van der Waals surface area contributed by atoms with Crippen molar-refractivity contribution in [1.82, 2.24) is 14.8 Å². The molecular formula is C28H34ClN5O2S2. The van der Waals surface area contributed by atoms with Gasteiger partial charge >= 0.3 is 0 Å². The van der Waals surface area contributed by atoms with Crippen molar-refractivity contribution in [2.24, 2.45) is 11.3 Å². The molecule has 0 saturated heterocycles. The van der Waals surface area contributed by atoms with Gasteiger partial charge in [-0.3, -0.25) is 4.79 Å². The summed E-state index contributed by atoms with van der Waals surface area (Å²) in [5.74, 6) is 1.86. The summed E-state index contributed by atoms with van der Waals surface area (Å²) in [5, 5.41) is 23.3. The number of thiophene rings is 1. The third-order valence-corrected chi connectivity index (χ3v) is 9.98. The quantitative estimate of drug-likeness (QED) is 0.262. The molecule has 2 aromatic heterocycles. The number of aryl methyl sites for hydroxylation is 1. The first kappa shape index (κ1) is 28.5. The molecule has 1 N–H and O–H groups in total. The van der Waals surface area contributed by atoms with Gasteiger partial charge in [0.15, 0.2) is 11.0 Å². The lowest BCUT2D eigenvalue weighted by atomic mass is 9.69. The van der Waals surface area contributed by atoms with Crippen molar-refractivity contribution in [3.8, 4) is 11.8 Å². The van der Waals surface area contributed by atoms with E-state index < -0.39 is 0 Å². The number of fused-ring (bicyclic) bond motifs is 1. The van der Waals surface area contributed by atoms with E-state index in [2.05, 4.69) is 42.4 Å². The average molecular weight is 572 g/mol. The highest BCUT2D eigenvalue weighted by Gasteiger charge is 2.34. The van der Waals surface area contributed by atoms with Crippen LogP contribution in [0.25, 0.3) is 0 Å². The third kappa shape index (κ3) is 6.19. The summed E-state index contributed by atoms with van der Waals surface area (Å²) in [6.45, 7) is 11.7. The fourth-order valence-corrected chi connectivity index (χ4v) is 7.04. The molecule has 0 fully saturated rings. The Labute approximate surface area is 237 Å². The average Bonchev–Trinajstić information content (AvgIpc) is 3.46. The smallest absolute Gasteiger partial charge is 0.235 e. The number of nitrogens with zero attached hydrogens (tertiary/aromatic N) is 4. The number of hydrogen-bond donors (Lipinski definition) is 1. The molecule has 1 aliphatic rings. The van der Waals surface area contributed by atoms with Gasteiger partial charge in [0.2, 0.25) is 5.91 Å². The van der Waals surface area contributed by atoms with Gasteiger partial charge in [0, 0.05) is 11.4 Å². The zero-order valence-electron chi connectivity index (χ0n) is 22.6. The van der Waals surface area contributed by atoms with Crippen LogP contribution < -0.4 is 10.1 Å². The van der Waals surface area contributed by atoms with E-state index >= 15 is 0 Å². The number of ether oxygens (including phenoxy) is 1. The number of thioether (sulfide) groups is 1. The minimum atomic E-state index is -0.162. The van der Waals surface area contributed by atoms with Crippen molar-refractivity contribution in [2.45, 2.75) is 78.6 Å². The number of carbonyl (C=O) groups is 1. The first-order valence-electron chi connectivity index (χ1n) is 12.9. The number of anilines is 1. The van der Waals surface area contributed by atoms with Crippen LogP contribution in [0.4, 0.5) is 5.00 Å². The number of benzene rings is 1. The highest BCUT2D eigenvalue weighted by atomic mass is 35.5. The lowest BCUT2D eigenvalue weighted by molar-refractivity contribution is -0.113. The van der Waals surface area contributed by atoms with Gasteiger partial charge in [0.1, 0.15) is 23.4 Å². The zero-order valence-corrected chi connectivity index (χ0v) is 24.9. The Balaban J connectivity index is 1.39. The molecule has 3 aromatic rings. The Hall–Kier alpha value is -2.54. The van der Waals surface area contributed by atoms with Gasteiger partial charge in [0.05, 0.1) is 16.3 Å². The SMILES string of the molecule is CCn1c(COc2cc(C)ccc2Cl)nnc1SCC(=O)Nc1sc2c(c1C#N)CCC(C(C)(C)CC)C2. The lowest BCUT2D eigenvalue weighted by Gasteiger charge is -2.36. The van der Waals surface area contributed by atoms with Crippen LogP contribution >= 0.6 is 34.7 Å². The van der Waals surface area contributed by atoms with Crippen LogP contribution in [-0.2, 0) is 30.8 Å². The largest absolute Gasteiger partial charge is 0.484 e. The monoisotopic (exact) mass is 571 g/mol. The van der Waals surface area contributed by atoms with Crippen molar-refractivity contribution in [3.63, 3.8) is 0 Å². The number of carbonyl (C=O) groups excluding carboxylic acids is 1. The van der Waals surface area contributed by atoms with Crippen molar-refractivity contribution in [2.75, 3.05) is 11.1 Å². The van der Waals surface area contributed by atoms with E-state index in [1.54, 1.807) is 11.3 Å². The molecule has 38 heavy (non-hydrogen) atoms. The summed E-state index contributed by atoms with van der Waals surface area (Å²) in [7, 11) is 0. The Kier molecular flexibility index (Phi) is 9.07. The maximum atomic E-state index is 12.9. The van der Waals surface area contributed by atoms with E-state index in [9.17, 15) is 10.1 Å². The number of amides is 1. The van der Waals surface area contributed by atoms with Gasteiger partial charge in [-0.15, -0.1) is 21.5 Å². The molecule has 10 heteroatoms.